The van der Waals surface area contributed by atoms with E-state index >= 15 is 0 Å². The van der Waals surface area contributed by atoms with Crippen LogP contribution in [0.1, 0.15) is 16.8 Å². The molecule has 0 bridgehead atoms. The van der Waals surface area contributed by atoms with E-state index in [9.17, 15) is 0 Å². The van der Waals surface area contributed by atoms with Crippen LogP contribution in [0.5, 0.6) is 0 Å². The molecule has 0 fully saturated rings. The first-order chi connectivity index (χ1) is 12.3. The Labute approximate surface area is 144 Å². The molecule has 0 spiro atoms. The second-order valence-electron chi connectivity index (χ2n) is 4.88. The molecule has 3 aromatic heterocycles. The predicted octanol–water partition coefficient (Wildman–Crippen LogP) is 1.86. The van der Waals surface area contributed by atoms with E-state index < -0.39 is 0 Å². The number of nitrogens with zero attached hydrogens (tertiary/aromatic N) is 7. The standard InChI is InChI=1S/C16H15N9/c1-12-15(23-19-10-13-4-2-6-17-8-13)21-16(25-22-12)24-20-11-14-5-3-7-18-9-14/h2-11H,1H3,(H2,21,23,24,25)/b19-10-,20-11-. The van der Waals surface area contributed by atoms with E-state index in [2.05, 4.69) is 46.2 Å². The molecule has 3 aromatic rings. The van der Waals surface area contributed by atoms with Crippen molar-refractivity contribution in [1.82, 2.24) is 25.1 Å². The second-order valence-corrected chi connectivity index (χ2v) is 4.88. The first kappa shape index (κ1) is 16.1. The number of pyridine rings is 2. The fourth-order valence-corrected chi connectivity index (χ4v) is 1.77. The van der Waals surface area contributed by atoms with Crippen molar-refractivity contribution in [3.8, 4) is 0 Å². The van der Waals surface area contributed by atoms with E-state index in [-0.39, 0.29) is 5.95 Å². The topological polar surface area (TPSA) is 113 Å². The summed E-state index contributed by atoms with van der Waals surface area (Å²) in [5, 5.41) is 16.1. The Hall–Kier alpha value is -3.75. The summed E-state index contributed by atoms with van der Waals surface area (Å²) < 4.78 is 0. The third-order valence-electron chi connectivity index (χ3n) is 2.99. The Kier molecular flexibility index (Phi) is 5.29. The van der Waals surface area contributed by atoms with E-state index in [1.807, 2.05) is 24.3 Å². The number of hydrogen-bond acceptors (Lipinski definition) is 9. The molecule has 3 rings (SSSR count). The van der Waals surface area contributed by atoms with E-state index in [4.69, 9.17) is 0 Å². The van der Waals surface area contributed by atoms with E-state index in [0.29, 0.717) is 11.5 Å². The van der Waals surface area contributed by atoms with E-state index in [1.54, 1.807) is 44.1 Å². The summed E-state index contributed by atoms with van der Waals surface area (Å²) in [6.07, 6.45) is 10.1. The lowest BCUT2D eigenvalue weighted by Gasteiger charge is -2.04. The van der Waals surface area contributed by atoms with Gasteiger partial charge in [-0.2, -0.15) is 15.2 Å². The molecule has 0 amide bonds. The molecule has 0 aliphatic carbocycles. The lowest BCUT2D eigenvalue weighted by Crippen LogP contribution is -2.05. The van der Waals surface area contributed by atoms with Crippen LogP contribution in [0.3, 0.4) is 0 Å². The van der Waals surface area contributed by atoms with Crippen molar-refractivity contribution >= 4 is 24.2 Å². The highest BCUT2D eigenvalue weighted by molar-refractivity contribution is 5.80. The van der Waals surface area contributed by atoms with Gasteiger partial charge in [-0.25, -0.2) is 5.43 Å². The lowest BCUT2D eigenvalue weighted by molar-refractivity contribution is 0.922. The van der Waals surface area contributed by atoms with Crippen LogP contribution >= 0.6 is 0 Å². The average molecular weight is 333 g/mol. The number of hydrazone groups is 2. The van der Waals surface area contributed by atoms with Crippen LogP contribution in [0.4, 0.5) is 11.8 Å². The van der Waals surface area contributed by atoms with Crippen LogP contribution in [-0.2, 0) is 0 Å². The van der Waals surface area contributed by atoms with Gasteiger partial charge >= 0.3 is 0 Å². The first-order valence-corrected chi connectivity index (χ1v) is 7.41. The fourth-order valence-electron chi connectivity index (χ4n) is 1.77. The van der Waals surface area contributed by atoms with Gasteiger partial charge in [0, 0.05) is 35.9 Å². The number of rotatable bonds is 6. The van der Waals surface area contributed by atoms with Crippen molar-refractivity contribution in [2.45, 2.75) is 6.92 Å². The van der Waals surface area contributed by atoms with Gasteiger partial charge in [0.05, 0.1) is 12.4 Å². The molecule has 0 unspecified atom stereocenters. The highest BCUT2D eigenvalue weighted by atomic mass is 15.4. The summed E-state index contributed by atoms with van der Waals surface area (Å²) in [6, 6.07) is 7.44. The van der Waals surface area contributed by atoms with Crippen LogP contribution in [0.25, 0.3) is 0 Å². The summed E-state index contributed by atoms with van der Waals surface area (Å²) in [5.74, 6) is 0.735. The molecular weight excluding hydrogens is 318 g/mol. The summed E-state index contributed by atoms with van der Waals surface area (Å²) in [4.78, 5) is 12.3. The SMILES string of the molecule is Cc1nnc(N/N=C\c2cccnc2)nc1N/N=C\c1cccnc1. The minimum atomic E-state index is 0.254. The third kappa shape index (κ3) is 4.86. The monoisotopic (exact) mass is 333 g/mol. The van der Waals surface area contributed by atoms with Crippen molar-refractivity contribution in [3.63, 3.8) is 0 Å². The van der Waals surface area contributed by atoms with Gasteiger partial charge in [-0.05, 0) is 19.1 Å². The second kappa shape index (κ2) is 8.20. The van der Waals surface area contributed by atoms with Crippen molar-refractivity contribution in [1.29, 1.82) is 0 Å². The van der Waals surface area contributed by atoms with Crippen molar-refractivity contribution in [2.75, 3.05) is 10.9 Å². The van der Waals surface area contributed by atoms with Gasteiger partial charge in [0.1, 0.15) is 5.69 Å². The van der Waals surface area contributed by atoms with Crippen LogP contribution in [0.15, 0.2) is 59.3 Å². The maximum absolute atomic E-state index is 4.28. The molecule has 0 aliphatic heterocycles. The molecule has 0 radical (unpaired) electrons. The number of hydrogen-bond donors (Lipinski definition) is 2. The highest BCUT2D eigenvalue weighted by Gasteiger charge is 2.03. The largest absolute Gasteiger partial charge is 0.265 e. The molecule has 124 valence electrons. The molecule has 2 N–H and O–H groups in total. The first-order valence-electron chi connectivity index (χ1n) is 7.41. The van der Waals surface area contributed by atoms with Crippen molar-refractivity contribution < 1.29 is 0 Å². The number of anilines is 2. The fraction of sp³-hybridized carbons (Fsp3) is 0.0625. The molecule has 0 aromatic carbocycles. The van der Waals surface area contributed by atoms with Crippen LogP contribution in [0, 0.1) is 6.92 Å². The van der Waals surface area contributed by atoms with Gasteiger partial charge in [-0.3, -0.25) is 15.4 Å². The minimum absolute atomic E-state index is 0.254. The van der Waals surface area contributed by atoms with Gasteiger partial charge in [0.25, 0.3) is 5.95 Å². The van der Waals surface area contributed by atoms with Gasteiger partial charge < -0.3 is 0 Å². The quantitative estimate of drug-likeness (QED) is 0.523. The third-order valence-corrected chi connectivity index (χ3v) is 2.99. The van der Waals surface area contributed by atoms with Gasteiger partial charge in [0.15, 0.2) is 5.82 Å². The molecule has 25 heavy (non-hydrogen) atoms. The molecule has 0 aliphatic rings. The molecule has 0 saturated carbocycles. The van der Waals surface area contributed by atoms with Crippen LogP contribution < -0.4 is 10.9 Å². The van der Waals surface area contributed by atoms with Crippen LogP contribution in [-0.4, -0.2) is 37.6 Å². The molecule has 9 heteroatoms. The minimum Gasteiger partial charge on any atom is -0.264 e. The Morgan fingerprint density at radius 1 is 0.880 bits per heavy atom. The van der Waals surface area contributed by atoms with Gasteiger partial charge in [-0.1, -0.05) is 12.1 Å². The Balaban J connectivity index is 1.64. The zero-order valence-corrected chi connectivity index (χ0v) is 13.4. The Morgan fingerprint density at radius 3 is 2.12 bits per heavy atom. The highest BCUT2D eigenvalue weighted by Crippen LogP contribution is 2.09. The zero-order chi connectivity index (χ0) is 17.3. The molecule has 9 nitrogen and oxygen atoms in total. The molecular formula is C16H15N9. The summed E-state index contributed by atoms with van der Waals surface area (Å²) in [5.41, 5.74) is 7.90. The molecule has 0 saturated heterocycles. The summed E-state index contributed by atoms with van der Waals surface area (Å²) >= 11 is 0. The molecule has 0 atom stereocenters. The van der Waals surface area contributed by atoms with E-state index in [0.717, 1.165) is 11.1 Å². The smallest absolute Gasteiger partial charge is 0.264 e. The summed E-state index contributed by atoms with van der Waals surface area (Å²) in [6.45, 7) is 1.78. The Bertz CT molecular complexity index is 863. The van der Waals surface area contributed by atoms with E-state index in [1.165, 1.54) is 0 Å². The number of aromatic nitrogens is 5. The zero-order valence-electron chi connectivity index (χ0n) is 13.4. The average Bonchev–Trinajstić information content (AvgIpc) is 2.66. The number of nitrogens with one attached hydrogen (secondary N) is 2. The maximum Gasteiger partial charge on any atom is 0.265 e. The summed E-state index contributed by atoms with van der Waals surface area (Å²) in [7, 11) is 0. The van der Waals surface area contributed by atoms with Gasteiger partial charge in [0.2, 0.25) is 0 Å². The normalized spacial score (nSPS) is 11.1. The lowest BCUT2D eigenvalue weighted by atomic mass is 10.3. The number of aryl methyl sites for hydroxylation is 1. The Morgan fingerprint density at radius 2 is 1.52 bits per heavy atom. The van der Waals surface area contributed by atoms with Crippen molar-refractivity contribution in [2.24, 2.45) is 10.2 Å². The van der Waals surface area contributed by atoms with Crippen molar-refractivity contribution in [3.05, 3.63) is 65.9 Å². The molecule has 3 heterocycles. The predicted molar refractivity (Wildman–Crippen MR) is 95.5 cm³/mol. The van der Waals surface area contributed by atoms with Gasteiger partial charge in [-0.15, -0.1) is 10.2 Å². The maximum atomic E-state index is 4.28. The van der Waals surface area contributed by atoms with Crippen LogP contribution in [0.2, 0.25) is 0 Å².